The summed E-state index contributed by atoms with van der Waals surface area (Å²) >= 11 is 0. The SMILES string of the molecule is O=C(NCc1nccc(N2CCOCC2)n1)c1cccc2c1OCCO2. The molecule has 0 atom stereocenters. The molecule has 1 saturated heterocycles. The van der Waals surface area contributed by atoms with Crippen LogP contribution in [0.2, 0.25) is 0 Å². The largest absolute Gasteiger partial charge is 0.486 e. The first-order valence-corrected chi connectivity index (χ1v) is 8.63. The number of carbonyl (C=O) groups excluding carboxylic acids is 1. The highest BCUT2D eigenvalue weighted by atomic mass is 16.6. The van der Waals surface area contributed by atoms with Crippen LogP contribution in [0.1, 0.15) is 16.2 Å². The molecule has 1 amide bonds. The minimum Gasteiger partial charge on any atom is -0.486 e. The zero-order valence-electron chi connectivity index (χ0n) is 14.3. The molecular weight excluding hydrogens is 336 g/mol. The Labute approximate surface area is 151 Å². The van der Waals surface area contributed by atoms with Crippen molar-refractivity contribution in [3.05, 3.63) is 41.9 Å². The van der Waals surface area contributed by atoms with E-state index in [0.717, 1.165) is 18.9 Å². The molecule has 2 aromatic rings. The van der Waals surface area contributed by atoms with E-state index in [1.165, 1.54) is 0 Å². The quantitative estimate of drug-likeness (QED) is 0.875. The van der Waals surface area contributed by atoms with Crippen molar-refractivity contribution in [2.45, 2.75) is 6.54 Å². The van der Waals surface area contributed by atoms with Crippen LogP contribution in [0.3, 0.4) is 0 Å². The van der Waals surface area contributed by atoms with Gasteiger partial charge in [-0.05, 0) is 18.2 Å². The van der Waals surface area contributed by atoms with E-state index in [1.807, 2.05) is 6.07 Å². The van der Waals surface area contributed by atoms with Gasteiger partial charge in [-0.3, -0.25) is 4.79 Å². The summed E-state index contributed by atoms with van der Waals surface area (Å²) in [6.45, 7) is 4.14. The van der Waals surface area contributed by atoms with Crippen LogP contribution in [0.4, 0.5) is 5.82 Å². The zero-order chi connectivity index (χ0) is 17.8. The third-order valence-corrected chi connectivity index (χ3v) is 4.24. The maximum absolute atomic E-state index is 12.5. The van der Waals surface area contributed by atoms with E-state index in [1.54, 1.807) is 24.4 Å². The Kier molecular flexibility index (Phi) is 4.83. The lowest BCUT2D eigenvalue weighted by molar-refractivity contribution is 0.0938. The third kappa shape index (κ3) is 3.55. The molecule has 26 heavy (non-hydrogen) atoms. The first-order valence-electron chi connectivity index (χ1n) is 8.63. The van der Waals surface area contributed by atoms with Gasteiger partial charge in [0.25, 0.3) is 5.91 Å². The first kappa shape index (κ1) is 16.6. The van der Waals surface area contributed by atoms with Crippen molar-refractivity contribution < 1.29 is 19.0 Å². The first-order chi connectivity index (χ1) is 12.8. The van der Waals surface area contributed by atoms with Crippen molar-refractivity contribution >= 4 is 11.7 Å². The van der Waals surface area contributed by atoms with Crippen molar-refractivity contribution in [2.75, 3.05) is 44.4 Å². The number of rotatable bonds is 4. The van der Waals surface area contributed by atoms with Crippen LogP contribution in [-0.2, 0) is 11.3 Å². The Balaban J connectivity index is 1.43. The normalized spacial score (nSPS) is 16.2. The van der Waals surface area contributed by atoms with Crippen LogP contribution in [0.15, 0.2) is 30.5 Å². The van der Waals surface area contributed by atoms with E-state index in [-0.39, 0.29) is 12.5 Å². The molecule has 1 N–H and O–H groups in total. The second kappa shape index (κ2) is 7.57. The predicted octanol–water partition coefficient (Wildman–Crippen LogP) is 1.01. The van der Waals surface area contributed by atoms with Gasteiger partial charge < -0.3 is 24.4 Å². The number of fused-ring (bicyclic) bond motifs is 1. The lowest BCUT2D eigenvalue weighted by atomic mass is 10.1. The number of benzene rings is 1. The number of amides is 1. The Morgan fingerprint density at radius 1 is 1.12 bits per heavy atom. The summed E-state index contributed by atoms with van der Waals surface area (Å²) in [5.74, 6) is 2.24. The Morgan fingerprint density at radius 2 is 1.96 bits per heavy atom. The third-order valence-electron chi connectivity index (χ3n) is 4.24. The maximum Gasteiger partial charge on any atom is 0.255 e. The summed E-state index contributed by atoms with van der Waals surface area (Å²) in [5.41, 5.74) is 0.450. The van der Waals surface area contributed by atoms with Gasteiger partial charge in [0.05, 0.1) is 25.3 Å². The van der Waals surface area contributed by atoms with Crippen molar-refractivity contribution in [1.29, 1.82) is 0 Å². The zero-order valence-corrected chi connectivity index (χ0v) is 14.3. The molecule has 1 aromatic carbocycles. The number of carbonyl (C=O) groups is 1. The van der Waals surface area contributed by atoms with Crippen LogP contribution < -0.4 is 19.7 Å². The van der Waals surface area contributed by atoms with Crippen LogP contribution in [-0.4, -0.2) is 55.4 Å². The molecule has 8 nitrogen and oxygen atoms in total. The molecule has 0 saturated carbocycles. The smallest absolute Gasteiger partial charge is 0.255 e. The molecule has 0 aliphatic carbocycles. The molecule has 0 bridgehead atoms. The minimum atomic E-state index is -0.243. The summed E-state index contributed by atoms with van der Waals surface area (Å²) in [6, 6.07) is 7.15. The molecular formula is C18H20N4O4. The molecule has 2 aliphatic heterocycles. The molecule has 2 aliphatic rings. The molecule has 0 radical (unpaired) electrons. The Bertz CT molecular complexity index is 793. The lowest BCUT2D eigenvalue weighted by Gasteiger charge is -2.27. The summed E-state index contributed by atoms with van der Waals surface area (Å²) in [6.07, 6.45) is 1.71. The van der Waals surface area contributed by atoms with Crippen LogP contribution in [0, 0.1) is 0 Å². The van der Waals surface area contributed by atoms with Crippen LogP contribution >= 0.6 is 0 Å². The number of aromatic nitrogens is 2. The van der Waals surface area contributed by atoms with Gasteiger partial charge in [0.15, 0.2) is 11.5 Å². The predicted molar refractivity (Wildman–Crippen MR) is 93.7 cm³/mol. The van der Waals surface area contributed by atoms with Gasteiger partial charge in [0.2, 0.25) is 0 Å². The highest BCUT2D eigenvalue weighted by molar-refractivity contribution is 5.97. The standard InChI is InChI=1S/C18H20N4O4/c23-18(13-2-1-3-14-17(13)26-11-10-25-14)20-12-15-19-5-4-16(21-15)22-6-8-24-9-7-22/h1-5H,6-12H2,(H,20,23). The summed E-state index contributed by atoms with van der Waals surface area (Å²) in [7, 11) is 0. The molecule has 8 heteroatoms. The summed E-state index contributed by atoms with van der Waals surface area (Å²) < 4.78 is 16.5. The van der Waals surface area contributed by atoms with E-state index in [9.17, 15) is 4.79 Å². The fraction of sp³-hybridized carbons (Fsp3) is 0.389. The summed E-state index contributed by atoms with van der Waals surface area (Å²) in [5, 5.41) is 2.85. The number of hydrogen-bond donors (Lipinski definition) is 1. The molecule has 1 aromatic heterocycles. The van der Waals surface area contributed by atoms with Gasteiger partial charge >= 0.3 is 0 Å². The number of nitrogens with zero attached hydrogens (tertiary/aromatic N) is 3. The second-order valence-electron chi connectivity index (χ2n) is 5.94. The number of nitrogens with one attached hydrogen (secondary N) is 1. The topological polar surface area (TPSA) is 85.8 Å². The van der Waals surface area contributed by atoms with Crippen molar-refractivity contribution in [3.8, 4) is 11.5 Å². The van der Waals surface area contributed by atoms with Gasteiger partial charge in [-0.25, -0.2) is 9.97 Å². The number of hydrogen-bond acceptors (Lipinski definition) is 7. The molecule has 3 heterocycles. The Hall–Kier alpha value is -2.87. The number of anilines is 1. The van der Waals surface area contributed by atoms with E-state index in [2.05, 4.69) is 20.2 Å². The second-order valence-corrected chi connectivity index (χ2v) is 5.94. The molecule has 0 spiro atoms. The molecule has 136 valence electrons. The average molecular weight is 356 g/mol. The van der Waals surface area contributed by atoms with Crippen LogP contribution in [0.25, 0.3) is 0 Å². The van der Waals surface area contributed by atoms with Crippen molar-refractivity contribution in [2.24, 2.45) is 0 Å². The van der Waals surface area contributed by atoms with Crippen molar-refractivity contribution in [1.82, 2.24) is 15.3 Å². The van der Waals surface area contributed by atoms with Gasteiger partial charge in [-0.2, -0.15) is 0 Å². The highest BCUT2D eigenvalue weighted by Gasteiger charge is 2.20. The number of morpholine rings is 1. The van der Waals surface area contributed by atoms with E-state index >= 15 is 0 Å². The lowest BCUT2D eigenvalue weighted by Crippen LogP contribution is -2.37. The fourth-order valence-corrected chi connectivity index (χ4v) is 2.95. The summed E-state index contributed by atoms with van der Waals surface area (Å²) in [4.78, 5) is 23.5. The average Bonchev–Trinajstić information content (AvgIpc) is 2.72. The number of ether oxygens (including phenoxy) is 3. The van der Waals surface area contributed by atoms with Gasteiger partial charge in [0.1, 0.15) is 24.9 Å². The molecule has 1 fully saturated rings. The Morgan fingerprint density at radius 3 is 2.85 bits per heavy atom. The van der Waals surface area contributed by atoms with Gasteiger partial charge in [-0.15, -0.1) is 0 Å². The highest BCUT2D eigenvalue weighted by Crippen LogP contribution is 2.33. The monoisotopic (exact) mass is 356 g/mol. The van der Waals surface area contributed by atoms with Gasteiger partial charge in [0, 0.05) is 19.3 Å². The number of para-hydroxylation sites is 1. The van der Waals surface area contributed by atoms with E-state index in [0.29, 0.717) is 49.3 Å². The molecule has 4 rings (SSSR count). The van der Waals surface area contributed by atoms with Gasteiger partial charge in [-0.1, -0.05) is 6.07 Å². The molecule has 0 unspecified atom stereocenters. The minimum absolute atomic E-state index is 0.238. The van der Waals surface area contributed by atoms with E-state index in [4.69, 9.17) is 14.2 Å². The maximum atomic E-state index is 12.5. The fourth-order valence-electron chi connectivity index (χ4n) is 2.95. The van der Waals surface area contributed by atoms with Crippen molar-refractivity contribution in [3.63, 3.8) is 0 Å². The van der Waals surface area contributed by atoms with Crippen LogP contribution in [0.5, 0.6) is 11.5 Å². The van der Waals surface area contributed by atoms with E-state index < -0.39 is 0 Å².